The van der Waals surface area contributed by atoms with Crippen molar-refractivity contribution in [3.8, 4) is 0 Å². The summed E-state index contributed by atoms with van der Waals surface area (Å²) >= 11 is 0. The SMILES string of the molecule is COC(=O)C1=C[C@@H]2C[C@@H]2[C@@H](N=[N+]=[N-])C1. The van der Waals surface area contributed by atoms with E-state index in [1.165, 1.54) is 7.11 Å². The van der Waals surface area contributed by atoms with Crippen LogP contribution in [0.2, 0.25) is 0 Å². The minimum atomic E-state index is -0.298. The van der Waals surface area contributed by atoms with Crippen LogP contribution in [0.15, 0.2) is 16.8 Å². The van der Waals surface area contributed by atoms with Gasteiger partial charge in [-0.25, -0.2) is 4.79 Å². The molecule has 3 atom stereocenters. The Bertz CT molecular complexity index is 344. The van der Waals surface area contributed by atoms with E-state index in [4.69, 9.17) is 5.53 Å². The van der Waals surface area contributed by atoms with Gasteiger partial charge in [0.05, 0.1) is 7.11 Å². The van der Waals surface area contributed by atoms with E-state index in [-0.39, 0.29) is 12.0 Å². The number of fused-ring (bicyclic) bond motifs is 1. The molecule has 0 spiro atoms. The zero-order valence-corrected chi connectivity index (χ0v) is 7.88. The van der Waals surface area contributed by atoms with E-state index < -0.39 is 0 Å². The molecule has 0 unspecified atom stereocenters. The molecule has 74 valence electrons. The Labute approximate surface area is 81.4 Å². The Balaban J connectivity index is 2.14. The predicted molar refractivity (Wildman–Crippen MR) is 49.2 cm³/mol. The summed E-state index contributed by atoms with van der Waals surface area (Å²) in [6.07, 6.45) is 3.52. The zero-order valence-electron chi connectivity index (χ0n) is 7.88. The van der Waals surface area contributed by atoms with Crippen LogP contribution < -0.4 is 0 Å². The van der Waals surface area contributed by atoms with E-state index in [1.54, 1.807) is 0 Å². The van der Waals surface area contributed by atoms with Crippen molar-refractivity contribution in [1.82, 2.24) is 0 Å². The highest BCUT2D eigenvalue weighted by Crippen LogP contribution is 2.49. The molecule has 0 aliphatic heterocycles. The maximum atomic E-state index is 11.3. The molecule has 1 fully saturated rings. The van der Waals surface area contributed by atoms with Crippen LogP contribution in [0.5, 0.6) is 0 Å². The van der Waals surface area contributed by atoms with Gasteiger partial charge in [-0.15, -0.1) is 0 Å². The number of carbonyl (C=O) groups is 1. The summed E-state index contributed by atoms with van der Waals surface area (Å²) in [6.45, 7) is 0. The van der Waals surface area contributed by atoms with Gasteiger partial charge in [0, 0.05) is 16.5 Å². The molecule has 0 saturated heterocycles. The minimum absolute atomic E-state index is 0.0518. The van der Waals surface area contributed by atoms with Crippen LogP contribution in [-0.2, 0) is 9.53 Å². The molecule has 0 radical (unpaired) electrons. The van der Waals surface area contributed by atoms with Crippen molar-refractivity contribution in [1.29, 1.82) is 0 Å². The van der Waals surface area contributed by atoms with Crippen LogP contribution in [0.1, 0.15) is 12.8 Å². The number of carbonyl (C=O) groups excluding carboxylic acids is 1. The number of nitrogens with zero attached hydrogens (tertiary/aromatic N) is 3. The summed E-state index contributed by atoms with van der Waals surface area (Å²) in [5.41, 5.74) is 9.02. The van der Waals surface area contributed by atoms with Crippen molar-refractivity contribution in [2.45, 2.75) is 18.9 Å². The lowest BCUT2D eigenvalue weighted by Gasteiger charge is -2.16. The molecular formula is C9H11N3O2. The number of hydrogen-bond donors (Lipinski definition) is 0. The molecule has 0 aromatic heterocycles. The Kier molecular flexibility index (Phi) is 2.17. The molecule has 0 N–H and O–H groups in total. The number of azide groups is 1. The fourth-order valence-electron chi connectivity index (χ4n) is 2.05. The average Bonchev–Trinajstić information content (AvgIpc) is 2.96. The lowest BCUT2D eigenvalue weighted by atomic mass is 9.95. The summed E-state index contributed by atoms with van der Waals surface area (Å²) in [6, 6.07) is -0.0518. The fraction of sp³-hybridized carbons (Fsp3) is 0.667. The van der Waals surface area contributed by atoms with E-state index in [0.717, 1.165) is 6.42 Å². The van der Waals surface area contributed by atoms with Crippen molar-refractivity contribution in [3.05, 3.63) is 22.1 Å². The summed E-state index contributed by atoms with van der Waals surface area (Å²) in [5, 5.41) is 3.71. The van der Waals surface area contributed by atoms with E-state index in [1.807, 2.05) is 6.08 Å². The average molecular weight is 193 g/mol. The van der Waals surface area contributed by atoms with Crippen LogP contribution in [0.3, 0.4) is 0 Å². The number of hydrogen-bond acceptors (Lipinski definition) is 3. The third-order valence-corrected chi connectivity index (χ3v) is 2.88. The molecule has 0 bridgehead atoms. The standard InChI is InChI=1S/C9H11N3O2/c1-14-9(13)6-2-5-3-7(5)8(4-6)11-12-10/h2,5,7-8H,3-4H2,1H3/t5-,7+,8+/m1/s1. The summed E-state index contributed by atoms with van der Waals surface area (Å²) in [4.78, 5) is 14.1. The van der Waals surface area contributed by atoms with Gasteiger partial charge >= 0.3 is 5.97 Å². The van der Waals surface area contributed by atoms with Crippen molar-refractivity contribution < 1.29 is 9.53 Å². The highest BCUT2D eigenvalue weighted by molar-refractivity contribution is 5.88. The first-order chi connectivity index (χ1) is 6.76. The van der Waals surface area contributed by atoms with Gasteiger partial charge in [-0.2, -0.15) is 0 Å². The lowest BCUT2D eigenvalue weighted by Crippen LogP contribution is -2.18. The van der Waals surface area contributed by atoms with Gasteiger partial charge in [0.25, 0.3) is 0 Å². The highest BCUT2D eigenvalue weighted by Gasteiger charge is 2.45. The van der Waals surface area contributed by atoms with E-state index in [0.29, 0.717) is 23.8 Å². The van der Waals surface area contributed by atoms with Crippen LogP contribution in [0.4, 0.5) is 0 Å². The van der Waals surface area contributed by atoms with Crippen LogP contribution >= 0.6 is 0 Å². The van der Waals surface area contributed by atoms with Gasteiger partial charge in [-0.1, -0.05) is 11.2 Å². The van der Waals surface area contributed by atoms with E-state index in [9.17, 15) is 4.79 Å². The third-order valence-electron chi connectivity index (χ3n) is 2.88. The quantitative estimate of drug-likeness (QED) is 0.290. The minimum Gasteiger partial charge on any atom is -0.466 e. The van der Waals surface area contributed by atoms with Crippen molar-refractivity contribution in [3.63, 3.8) is 0 Å². The normalized spacial score (nSPS) is 33.5. The summed E-state index contributed by atoms with van der Waals surface area (Å²) in [5.74, 6) is 0.584. The number of methoxy groups -OCH3 is 1. The lowest BCUT2D eigenvalue weighted by molar-refractivity contribution is -0.136. The Morgan fingerprint density at radius 2 is 2.57 bits per heavy atom. The number of allylic oxidation sites excluding steroid dienone is 1. The summed E-state index contributed by atoms with van der Waals surface area (Å²) < 4.78 is 4.64. The first-order valence-corrected chi connectivity index (χ1v) is 4.59. The Morgan fingerprint density at radius 1 is 1.79 bits per heavy atom. The third kappa shape index (κ3) is 1.46. The van der Waals surface area contributed by atoms with Gasteiger partial charge < -0.3 is 4.74 Å². The van der Waals surface area contributed by atoms with Crippen LogP contribution in [0.25, 0.3) is 10.4 Å². The molecule has 0 amide bonds. The second-order valence-corrected chi connectivity index (χ2v) is 3.72. The molecular weight excluding hydrogens is 182 g/mol. The van der Waals surface area contributed by atoms with Crippen LogP contribution in [-0.4, -0.2) is 19.1 Å². The number of esters is 1. The molecule has 5 heteroatoms. The molecule has 0 heterocycles. The van der Waals surface area contributed by atoms with Gasteiger partial charge in [-0.3, -0.25) is 0 Å². The monoisotopic (exact) mass is 193 g/mol. The van der Waals surface area contributed by atoms with Gasteiger partial charge in [0.15, 0.2) is 0 Å². The van der Waals surface area contributed by atoms with Gasteiger partial charge in [0.1, 0.15) is 0 Å². The van der Waals surface area contributed by atoms with Crippen molar-refractivity contribution in [2.24, 2.45) is 17.0 Å². The van der Waals surface area contributed by atoms with Crippen molar-refractivity contribution in [2.75, 3.05) is 7.11 Å². The topological polar surface area (TPSA) is 75.1 Å². The molecule has 0 aromatic carbocycles. The molecule has 2 aliphatic rings. The number of rotatable bonds is 2. The first kappa shape index (κ1) is 9.09. The maximum Gasteiger partial charge on any atom is 0.333 e. The molecule has 2 aliphatic carbocycles. The maximum absolute atomic E-state index is 11.3. The first-order valence-electron chi connectivity index (χ1n) is 4.59. The second-order valence-electron chi connectivity index (χ2n) is 3.72. The van der Waals surface area contributed by atoms with E-state index in [2.05, 4.69) is 14.8 Å². The molecule has 14 heavy (non-hydrogen) atoms. The largest absolute Gasteiger partial charge is 0.466 e. The molecule has 1 saturated carbocycles. The molecule has 5 nitrogen and oxygen atoms in total. The highest BCUT2D eigenvalue weighted by atomic mass is 16.5. The molecule has 0 aromatic rings. The number of ether oxygens (including phenoxy) is 1. The van der Waals surface area contributed by atoms with Gasteiger partial charge in [0.2, 0.25) is 0 Å². The van der Waals surface area contributed by atoms with E-state index >= 15 is 0 Å². The smallest absolute Gasteiger partial charge is 0.333 e. The predicted octanol–water partition coefficient (Wildman–Crippen LogP) is 1.80. The Morgan fingerprint density at radius 3 is 3.21 bits per heavy atom. The molecule has 2 rings (SSSR count). The Hall–Kier alpha value is -1.48. The zero-order chi connectivity index (χ0) is 10.1. The van der Waals surface area contributed by atoms with Crippen LogP contribution in [0, 0.1) is 11.8 Å². The van der Waals surface area contributed by atoms with Crippen molar-refractivity contribution >= 4 is 5.97 Å². The summed E-state index contributed by atoms with van der Waals surface area (Å²) in [7, 11) is 1.37. The fourth-order valence-corrected chi connectivity index (χ4v) is 2.05. The second kappa shape index (κ2) is 3.35. The van der Waals surface area contributed by atoms with Gasteiger partial charge in [-0.05, 0) is 30.2 Å².